The van der Waals surface area contributed by atoms with Crippen molar-refractivity contribution in [2.24, 2.45) is 7.05 Å². The number of hydrogen-bond acceptors (Lipinski definition) is 4. The van der Waals surface area contributed by atoms with Crippen molar-refractivity contribution in [1.29, 1.82) is 0 Å². The van der Waals surface area contributed by atoms with E-state index in [1.54, 1.807) is 30.7 Å². The minimum atomic E-state index is -4.45. The molecule has 0 saturated heterocycles. The molecule has 164 valence electrons. The summed E-state index contributed by atoms with van der Waals surface area (Å²) in [7, 11) is 1.49. The number of rotatable bonds is 4. The Hall–Kier alpha value is -3.10. The van der Waals surface area contributed by atoms with Gasteiger partial charge in [-0.1, -0.05) is 12.1 Å². The van der Waals surface area contributed by atoms with E-state index in [9.17, 15) is 22.8 Å². The molecule has 0 spiro atoms. The van der Waals surface area contributed by atoms with Crippen molar-refractivity contribution in [2.45, 2.75) is 51.9 Å². The van der Waals surface area contributed by atoms with Crippen LogP contribution < -0.4 is 16.4 Å². The molecule has 1 aromatic carbocycles. The maximum absolute atomic E-state index is 13.3. The zero-order chi connectivity index (χ0) is 22.7. The normalized spacial score (nSPS) is 15.3. The van der Waals surface area contributed by atoms with Gasteiger partial charge < -0.3 is 9.88 Å². The lowest BCUT2D eigenvalue weighted by Crippen LogP contribution is -2.28. The Morgan fingerprint density at radius 2 is 1.81 bits per heavy atom. The second-order valence-corrected chi connectivity index (χ2v) is 8.15. The van der Waals surface area contributed by atoms with Gasteiger partial charge in [0.1, 0.15) is 0 Å². The van der Waals surface area contributed by atoms with Gasteiger partial charge in [0.15, 0.2) is 5.82 Å². The van der Waals surface area contributed by atoms with Crippen molar-refractivity contribution in [2.75, 3.05) is 5.32 Å². The molecule has 6 nitrogen and oxygen atoms in total. The third-order valence-corrected chi connectivity index (χ3v) is 5.92. The van der Waals surface area contributed by atoms with Crippen molar-refractivity contribution in [3.05, 3.63) is 67.4 Å². The second-order valence-electron chi connectivity index (χ2n) is 8.15. The highest BCUT2D eigenvalue weighted by Gasteiger charge is 2.33. The lowest BCUT2D eigenvalue weighted by molar-refractivity contribution is -0.138. The van der Waals surface area contributed by atoms with E-state index in [1.165, 1.54) is 20.0 Å². The molecule has 0 aliphatic heterocycles. The van der Waals surface area contributed by atoms with E-state index in [2.05, 4.69) is 10.4 Å². The van der Waals surface area contributed by atoms with Crippen LogP contribution in [-0.2, 0) is 13.2 Å². The Balaban J connectivity index is 1.85. The summed E-state index contributed by atoms with van der Waals surface area (Å²) in [6, 6.07) is 3.67. The Bertz CT molecular complexity index is 1300. The van der Waals surface area contributed by atoms with Crippen LogP contribution in [0.25, 0.3) is 10.8 Å². The van der Waals surface area contributed by atoms with E-state index >= 15 is 0 Å². The number of nitrogens with zero attached hydrogens (tertiary/aromatic N) is 3. The van der Waals surface area contributed by atoms with Gasteiger partial charge in [-0.25, -0.2) is 4.68 Å². The minimum absolute atomic E-state index is 0.107. The lowest BCUT2D eigenvalue weighted by atomic mass is 9.97. The first-order chi connectivity index (χ1) is 14.5. The highest BCUT2D eigenvalue weighted by molar-refractivity contribution is 5.92. The van der Waals surface area contributed by atoms with Crippen molar-refractivity contribution < 1.29 is 13.2 Å². The lowest BCUT2D eigenvalue weighted by Gasteiger charge is -2.21. The number of pyridine rings is 1. The monoisotopic (exact) mass is 432 g/mol. The van der Waals surface area contributed by atoms with Crippen molar-refractivity contribution in [3.63, 3.8) is 0 Å². The van der Waals surface area contributed by atoms with E-state index < -0.39 is 17.8 Å². The van der Waals surface area contributed by atoms with Gasteiger partial charge in [0.05, 0.1) is 17.0 Å². The smallest absolute Gasteiger partial charge is 0.362 e. The fraction of sp³-hybridized carbons (Fsp3) is 0.409. The highest BCUT2D eigenvalue weighted by atomic mass is 19.4. The molecule has 0 bridgehead atoms. The first-order valence-electron chi connectivity index (χ1n) is 10.1. The molecule has 0 amide bonds. The quantitative estimate of drug-likeness (QED) is 0.670. The minimum Gasteiger partial charge on any atom is -0.362 e. The summed E-state index contributed by atoms with van der Waals surface area (Å²) < 4.78 is 42.8. The number of aryl methyl sites for hydroxylation is 2. The molecular formula is C22H23F3N4O2. The molecule has 0 radical (unpaired) electrons. The van der Waals surface area contributed by atoms with E-state index in [1.807, 2.05) is 0 Å². The first-order valence-corrected chi connectivity index (χ1v) is 10.1. The van der Waals surface area contributed by atoms with Crippen LogP contribution in [0.3, 0.4) is 0 Å². The third-order valence-electron chi connectivity index (χ3n) is 5.92. The van der Waals surface area contributed by atoms with Crippen LogP contribution in [0.15, 0.2) is 34.0 Å². The Labute approximate surface area is 176 Å². The number of fused-ring (bicyclic) bond motifs is 1. The van der Waals surface area contributed by atoms with Crippen LogP contribution in [0.5, 0.6) is 0 Å². The van der Waals surface area contributed by atoms with Crippen molar-refractivity contribution in [1.82, 2.24) is 14.3 Å². The van der Waals surface area contributed by atoms with Crippen LogP contribution in [0.4, 0.5) is 19.0 Å². The average molecular weight is 432 g/mol. The number of aromatic nitrogens is 3. The fourth-order valence-corrected chi connectivity index (χ4v) is 4.07. The number of anilines is 1. The molecule has 3 aromatic rings. The zero-order valence-electron chi connectivity index (χ0n) is 17.7. The van der Waals surface area contributed by atoms with Gasteiger partial charge in [-0.15, -0.1) is 0 Å². The number of hydrogen-bond donors (Lipinski definition) is 1. The molecule has 1 aliphatic carbocycles. The van der Waals surface area contributed by atoms with Crippen LogP contribution in [0.1, 0.15) is 54.1 Å². The van der Waals surface area contributed by atoms with Crippen molar-refractivity contribution >= 4 is 16.6 Å². The standard InChI is InChI=1S/C22H23F3N4O2/c1-11-15(6-5-7-17(11)22(23,24)25)13(3)26-19-16-10-29(14-8-9-14)20(30)12(2)18(16)21(31)28(4)27-19/h5-7,10,13-14H,8-9H2,1-4H3,(H,26,27)/t13-/m1/s1. The molecule has 2 heterocycles. The topological polar surface area (TPSA) is 68.9 Å². The number of halogens is 3. The Morgan fingerprint density at radius 1 is 1.13 bits per heavy atom. The maximum atomic E-state index is 13.3. The summed E-state index contributed by atoms with van der Waals surface area (Å²) in [4.78, 5) is 25.4. The fourth-order valence-electron chi connectivity index (χ4n) is 4.07. The van der Waals surface area contributed by atoms with Crippen LogP contribution in [-0.4, -0.2) is 14.3 Å². The third kappa shape index (κ3) is 3.62. The van der Waals surface area contributed by atoms with Gasteiger partial charge in [0, 0.05) is 30.2 Å². The van der Waals surface area contributed by atoms with Gasteiger partial charge in [-0.05, 0) is 50.8 Å². The average Bonchev–Trinajstić information content (AvgIpc) is 3.52. The molecular weight excluding hydrogens is 409 g/mol. The van der Waals surface area contributed by atoms with E-state index in [0.717, 1.165) is 23.6 Å². The summed E-state index contributed by atoms with van der Waals surface area (Å²) in [5, 5.41) is 8.25. The Kier molecular flexibility index (Phi) is 4.94. The largest absolute Gasteiger partial charge is 0.416 e. The van der Waals surface area contributed by atoms with Crippen LogP contribution >= 0.6 is 0 Å². The van der Waals surface area contributed by atoms with E-state index in [4.69, 9.17) is 0 Å². The zero-order valence-corrected chi connectivity index (χ0v) is 17.7. The number of alkyl halides is 3. The molecule has 1 atom stereocenters. The number of benzene rings is 1. The highest BCUT2D eigenvalue weighted by Crippen LogP contribution is 2.37. The summed E-state index contributed by atoms with van der Waals surface area (Å²) in [6.07, 6.45) is -1.01. The molecule has 1 saturated carbocycles. The van der Waals surface area contributed by atoms with Gasteiger partial charge in [0.2, 0.25) is 0 Å². The summed E-state index contributed by atoms with van der Waals surface area (Å²) in [6.45, 7) is 4.80. The van der Waals surface area contributed by atoms with E-state index in [-0.39, 0.29) is 28.1 Å². The number of nitrogens with one attached hydrogen (secondary N) is 1. The van der Waals surface area contributed by atoms with Gasteiger partial charge in [-0.2, -0.15) is 18.3 Å². The predicted molar refractivity (Wildman–Crippen MR) is 112 cm³/mol. The maximum Gasteiger partial charge on any atom is 0.416 e. The Morgan fingerprint density at radius 3 is 2.42 bits per heavy atom. The molecule has 1 N–H and O–H groups in total. The SMILES string of the molecule is Cc1c([C@@H](C)Nc2nn(C)c(=O)c3c(C)c(=O)n(C4CC4)cc23)cccc1C(F)(F)F. The van der Waals surface area contributed by atoms with Gasteiger partial charge in [-0.3, -0.25) is 9.59 Å². The molecule has 1 fully saturated rings. The molecule has 2 aromatic heterocycles. The van der Waals surface area contributed by atoms with Crippen LogP contribution in [0.2, 0.25) is 0 Å². The summed E-state index contributed by atoms with van der Waals surface area (Å²) in [5.74, 6) is 0.346. The van der Waals surface area contributed by atoms with Crippen molar-refractivity contribution in [3.8, 4) is 0 Å². The molecule has 1 aliphatic rings. The van der Waals surface area contributed by atoms with Crippen LogP contribution in [0, 0.1) is 13.8 Å². The summed E-state index contributed by atoms with van der Waals surface area (Å²) in [5.41, 5.74) is -0.318. The molecule has 0 unspecified atom stereocenters. The second kappa shape index (κ2) is 7.25. The summed E-state index contributed by atoms with van der Waals surface area (Å²) >= 11 is 0. The molecule has 4 rings (SSSR count). The van der Waals surface area contributed by atoms with Gasteiger partial charge >= 0.3 is 6.18 Å². The van der Waals surface area contributed by atoms with Gasteiger partial charge in [0.25, 0.3) is 11.1 Å². The first kappa shape index (κ1) is 21.1. The molecule has 31 heavy (non-hydrogen) atoms. The van der Waals surface area contributed by atoms with E-state index in [0.29, 0.717) is 22.3 Å². The predicted octanol–water partition coefficient (Wildman–Crippen LogP) is 4.24. The molecule has 9 heteroatoms.